The van der Waals surface area contributed by atoms with E-state index >= 15 is 0 Å². The first-order chi connectivity index (χ1) is 29.8. The number of likely N-dealkylation sites (N-methyl/N-ethyl adjacent to an activating group) is 2. The van der Waals surface area contributed by atoms with Gasteiger partial charge in [0.1, 0.15) is 19.8 Å². The minimum absolute atomic E-state index is 0.0328. The number of amides is 3. The molecule has 3 amide bonds. The third-order valence-electron chi connectivity index (χ3n) is 10.1. The van der Waals surface area contributed by atoms with Crippen LogP contribution in [0.5, 0.6) is 0 Å². The largest absolute Gasteiger partial charge is 0.387 e. The molecule has 5 rings (SSSR count). The Labute approximate surface area is 373 Å². The van der Waals surface area contributed by atoms with E-state index in [-0.39, 0.29) is 68.5 Å². The Kier molecular flexibility index (Phi) is 23.0. The summed E-state index contributed by atoms with van der Waals surface area (Å²) in [6.45, 7) is 4.87. The molecule has 0 bridgehead atoms. The molecule has 2 N–H and O–H groups in total. The van der Waals surface area contributed by atoms with Gasteiger partial charge in [0.15, 0.2) is 0 Å². The zero-order valence-electron chi connectivity index (χ0n) is 36.9. The zero-order chi connectivity index (χ0) is 46.5. The Bertz CT molecular complexity index is 2030. The molecule has 356 valence electrons. The predicted octanol–water partition coefficient (Wildman–Crippen LogP) is -1.78. The highest BCUT2D eigenvalue weighted by atomic mass is 32.2. The van der Waals surface area contributed by atoms with Crippen LogP contribution in [0, 0.1) is 0 Å². The molecule has 0 spiro atoms. The summed E-state index contributed by atoms with van der Waals surface area (Å²) >= 11 is 0. The lowest BCUT2D eigenvalue weighted by molar-refractivity contribution is -0.136. The van der Waals surface area contributed by atoms with Crippen molar-refractivity contribution in [1.29, 1.82) is 0 Å². The van der Waals surface area contributed by atoms with Gasteiger partial charge in [-0.3, -0.25) is 14.4 Å². The van der Waals surface area contributed by atoms with E-state index in [9.17, 15) is 39.6 Å². The van der Waals surface area contributed by atoms with E-state index in [0.717, 1.165) is 11.1 Å². The van der Waals surface area contributed by atoms with E-state index < -0.39 is 42.6 Å². The zero-order valence-corrected chi connectivity index (χ0v) is 39.4. The van der Waals surface area contributed by atoms with Crippen LogP contribution in [-0.2, 0) is 67.1 Å². The molecule has 20 nitrogen and oxygen atoms in total. The molecule has 3 aliphatic heterocycles. The highest BCUT2D eigenvalue weighted by Crippen LogP contribution is 2.11. The van der Waals surface area contributed by atoms with Gasteiger partial charge >= 0.3 is 0 Å². The molecule has 63 heavy (non-hydrogen) atoms. The smallest absolute Gasteiger partial charge is 0.248 e. The van der Waals surface area contributed by atoms with Crippen LogP contribution in [0.3, 0.4) is 0 Å². The summed E-state index contributed by atoms with van der Waals surface area (Å²) in [7, 11) is -2.27. The fraction of sp³-hybridized carbons (Fsp3) is 0.625. The second kappa shape index (κ2) is 27.0. The van der Waals surface area contributed by atoms with E-state index in [1.54, 1.807) is 4.90 Å². The number of sulfonamides is 3. The summed E-state index contributed by atoms with van der Waals surface area (Å²) in [5.41, 5.74) is 2.00. The van der Waals surface area contributed by atoms with E-state index in [1.165, 1.54) is 18.4 Å². The fourth-order valence-electron chi connectivity index (χ4n) is 6.24. The summed E-state index contributed by atoms with van der Waals surface area (Å²) in [6.07, 6.45) is 0. The number of aliphatic hydroxyl groups is 1. The Hall–Kier alpha value is -3.62. The highest BCUT2D eigenvalue weighted by molar-refractivity contribution is 7.89. The van der Waals surface area contributed by atoms with Crippen molar-refractivity contribution in [2.45, 2.75) is 13.2 Å². The summed E-state index contributed by atoms with van der Waals surface area (Å²) < 4.78 is 87.5. The summed E-state index contributed by atoms with van der Waals surface area (Å²) in [5, 5.41) is 8.79. The average Bonchev–Trinajstić information content (AvgIpc) is 3.60. The van der Waals surface area contributed by atoms with Crippen molar-refractivity contribution in [3.05, 3.63) is 71.8 Å². The number of ether oxygens (including phenoxy) is 2. The normalized spacial score (nSPS) is 19.1. The number of carbonyl (C=O) groups excluding carboxylic acids is 3. The monoisotopic (exact) mass is 946 g/mol. The first kappa shape index (κ1) is 53.7. The van der Waals surface area contributed by atoms with Gasteiger partial charge in [0.05, 0.1) is 30.5 Å². The maximum Gasteiger partial charge on any atom is 0.248 e. The molecule has 3 aliphatic rings. The van der Waals surface area contributed by atoms with Crippen LogP contribution in [0.2, 0.25) is 0 Å². The van der Waals surface area contributed by atoms with Crippen LogP contribution in [0.15, 0.2) is 60.7 Å². The van der Waals surface area contributed by atoms with Gasteiger partial charge < -0.3 is 39.1 Å². The molecule has 0 radical (unpaired) electrons. The van der Waals surface area contributed by atoms with E-state index in [1.807, 2.05) is 98.7 Å². The Balaban J connectivity index is 0.000000256. The fourth-order valence-corrected chi connectivity index (χ4v) is 10.1. The molecule has 0 aromatic heterocycles. The lowest BCUT2D eigenvalue weighted by Crippen LogP contribution is -2.39. The number of rotatable bonds is 15. The van der Waals surface area contributed by atoms with E-state index in [4.69, 9.17) is 14.6 Å². The van der Waals surface area contributed by atoms with E-state index in [0.29, 0.717) is 72.1 Å². The Morgan fingerprint density at radius 1 is 0.571 bits per heavy atom. The van der Waals surface area contributed by atoms with Crippen molar-refractivity contribution in [2.24, 2.45) is 0 Å². The average molecular weight is 947 g/mol. The van der Waals surface area contributed by atoms with Crippen LogP contribution < -0.4 is 4.72 Å². The first-order valence-electron chi connectivity index (χ1n) is 20.7. The second-order valence-corrected chi connectivity index (χ2v) is 21.6. The molecule has 2 aromatic carbocycles. The highest BCUT2D eigenvalue weighted by Gasteiger charge is 2.30. The van der Waals surface area contributed by atoms with Crippen molar-refractivity contribution in [3.63, 3.8) is 0 Å². The molecule has 0 saturated carbocycles. The Morgan fingerprint density at radius 2 is 0.968 bits per heavy atom. The van der Waals surface area contributed by atoms with Crippen LogP contribution in [0.1, 0.15) is 11.1 Å². The third kappa shape index (κ3) is 20.4. The lowest BCUT2D eigenvalue weighted by Gasteiger charge is -2.22. The van der Waals surface area contributed by atoms with Crippen LogP contribution in [0.25, 0.3) is 0 Å². The molecule has 3 fully saturated rings. The SMILES string of the molecule is CN(C)CCN1CCN(C(=O)CO)CCS1(=O)=O.CN(C)CCN1CCN(C(=O)COCc2ccccc2)CCS1(=O)=O.O=C(COCc1ccccc1)N1CCNS(=O)(=O)CC1. The molecular weight excluding hydrogens is 881 g/mol. The second-order valence-electron chi connectivity index (χ2n) is 15.5. The molecule has 2 aromatic rings. The molecule has 3 heterocycles. The van der Waals surface area contributed by atoms with Gasteiger partial charge in [0, 0.05) is 85.1 Å². The third-order valence-corrected chi connectivity index (χ3v) is 15.1. The number of hydrogen-bond acceptors (Lipinski definition) is 14. The topological polar surface area (TPSA) is 227 Å². The van der Waals surface area contributed by atoms with Crippen LogP contribution >= 0.6 is 0 Å². The number of hydrogen-bond donors (Lipinski definition) is 2. The molecule has 0 atom stereocenters. The van der Waals surface area contributed by atoms with Gasteiger partial charge in [-0.2, -0.15) is 8.61 Å². The van der Waals surface area contributed by atoms with Crippen molar-refractivity contribution >= 4 is 47.8 Å². The summed E-state index contributed by atoms with van der Waals surface area (Å²) in [5.74, 6) is -0.936. The molecular formula is C40H66N8O12S3. The van der Waals surface area contributed by atoms with Crippen molar-refractivity contribution in [3.8, 4) is 0 Å². The van der Waals surface area contributed by atoms with Gasteiger partial charge in [-0.05, 0) is 39.3 Å². The number of benzene rings is 2. The van der Waals surface area contributed by atoms with Crippen molar-refractivity contribution in [2.75, 3.05) is 150 Å². The van der Waals surface area contributed by atoms with Crippen LogP contribution in [0.4, 0.5) is 0 Å². The minimum Gasteiger partial charge on any atom is -0.387 e. The number of aliphatic hydroxyl groups excluding tert-OH is 1. The molecule has 3 saturated heterocycles. The van der Waals surface area contributed by atoms with Gasteiger partial charge in [-0.25, -0.2) is 30.0 Å². The first-order valence-corrected chi connectivity index (χ1v) is 25.6. The van der Waals surface area contributed by atoms with Crippen molar-refractivity contribution in [1.82, 2.24) is 37.8 Å². The standard InChI is InChI=1S/C17H27N3O4S.C13H18N2O4S.C10H21N3O4S/c1-18(2)8-10-20-11-9-19(12-13-25(20,22)23)17(21)15-24-14-16-6-4-3-5-7-16;16-13(11-19-10-12-4-2-1-3-5-12)15-7-6-14-20(17,18)9-8-15;1-11(2)3-5-13-6-4-12(10(15)9-14)7-8-18(13,16)17/h3-7H,8-15H2,1-2H3;1-5,14H,6-11H2;14H,3-9H2,1-2H3. The lowest BCUT2D eigenvalue weighted by atomic mass is 10.2. The van der Waals surface area contributed by atoms with Gasteiger partial charge in [0.25, 0.3) is 0 Å². The number of nitrogens with zero attached hydrogens (tertiary/aromatic N) is 7. The predicted molar refractivity (Wildman–Crippen MR) is 239 cm³/mol. The molecule has 0 unspecified atom stereocenters. The summed E-state index contributed by atoms with van der Waals surface area (Å²) in [4.78, 5) is 43.9. The van der Waals surface area contributed by atoms with Gasteiger partial charge in [0.2, 0.25) is 47.8 Å². The molecule has 23 heteroatoms. The maximum absolute atomic E-state index is 12.3. The summed E-state index contributed by atoms with van der Waals surface area (Å²) in [6, 6.07) is 19.2. The molecule has 0 aliphatic carbocycles. The van der Waals surface area contributed by atoms with Gasteiger partial charge in [-0.15, -0.1) is 0 Å². The minimum atomic E-state index is -3.31. The van der Waals surface area contributed by atoms with E-state index in [2.05, 4.69) is 4.72 Å². The van der Waals surface area contributed by atoms with Crippen molar-refractivity contribution < 1.29 is 54.2 Å². The number of nitrogens with one attached hydrogen (secondary N) is 1. The number of carbonyl (C=O) groups is 3. The quantitative estimate of drug-likeness (QED) is 0.201. The maximum atomic E-state index is 12.3. The van der Waals surface area contributed by atoms with Gasteiger partial charge in [-0.1, -0.05) is 60.7 Å². The van der Waals surface area contributed by atoms with Crippen LogP contribution in [-0.4, -0.2) is 232 Å². The Morgan fingerprint density at radius 3 is 1.38 bits per heavy atom.